The highest BCUT2D eigenvalue weighted by molar-refractivity contribution is 7.74. The van der Waals surface area contributed by atoms with Crippen molar-refractivity contribution in [2.75, 3.05) is 43.4 Å². The number of hydrogen-bond acceptors (Lipinski definition) is 6. The average Bonchev–Trinajstić information content (AvgIpc) is 3.56. The van der Waals surface area contributed by atoms with Gasteiger partial charge < -0.3 is 20.1 Å². The molecule has 1 fully saturated rings. The van der Waals surface area contributed by atoms with Crippen LogP contribution in [0.1, 0.15) is 47.5 Å². The Kier molecular flexibility index (Phi) is 7.09. The summed E-state index contributed by atoms with van der Waals surface area (Å²) in [4.78, 5) is 14.4. The van der Waals surface area contributed by atoms with Crippen LogP contribution in [0.5, 0.6) is 5.75 Å². The summed E-state index contributed by atoms with van der Waals surface area (Å²) < 4.78 is 31.8. The second kappa shape index (κ2) is 10.0. The fraction of sp³-hybridized carbons (Fsp3) is 0.458. The first-order chi connectivity index (χ1) is 15.9. The van der Waals surface area contributed by atoms with Crippen LogP contribution in [0.2, 0.25) is 0 Å². The van der Waals surface area contributed by atoms with Crippen molar-refractivity contribution in [3.63, 3.8) is 0 Å². The number of ether oxygens (including phenoxy) is 1. The van der Waals surface area contributed by atoms with Crippen LogP contribution in [-0.2, 0) is 10.9 Å². The molecule has 2 unspecified atom stereocenters. The third-order valence-corrected chi connectivity index (χ3v) is 7.02. The maximum absolute atomic E-state index is 12.4. The van der Waals surface area contributed by atoms with E-state index >= 15 is 0 Å². The molecular formula is C24H31N3O5S. The first kappa shape index (κ1) is 23.4. The lowest BCUT2D eigenvalue weighted by Crippen LogP contribution is -2.22. The molecule has 0 spiro atoms. The van der Waals surface area contributed by atoms with Crippen molar-refractivity contribution in [3.05, 3.63) is 47.5 Å². The molecule has 9 heteroatoms. The number of rotatable bonds is 11. The van der Waals surface area contributed by atoms with Gasteiger partial charge >= 0.3 is 5.97 Å². The highest BCUT2D eigenvalue weighted by atomic mass is 32.2. The number of anilines is 3. The van der Waals surface area contributed by atoms with E-state index in [9.17, 15) is 18.3 Å². The lowest BCUT2D eigenvalue weighted by molar-refractivity contribution is 0.0692. The minimum Gasteiger partial charge on any atom is -0.492 e. The van der Waals surface area contributed by atoms with E-state index in [1.165, 1.54) is 0 Å². The van der Waals surface area contributed by atoms with Crippen molar-refractivity contribution in [3.8, 4) is 5.75 Å². The zero-order valence-electron chi connectivity index (χ0n) is 19.0. The number of benzene rings is 2. The summed E-state index contributed by atoms with van der Waals surface area (Å²) in [6, 6.07) is 10.5. The Bertz CT molecular complexity index is 1090. The molecule has 2 aromatic carbocycles. The molecule has 178 valence electrons. The molecule has 0 saturated heterocycles. The molecule has 0 aromatic heterocycles. The zero-order chi connectivity index (χ0) is 23.5. The molecule has 2 atom stereocenters. The van der Waals surface area contributed by atoms with Gasteiger partial charge in [-0.2, -0.15) is 0 Å². The van der Waals surface area contributed by atoms with Crippen LogP contribution < -0.4 is 14.4 Å². The Morgan fingerprint density at radius 1 is 1.12 bits per heavy atom. The molecule has 4 rings (SSSR count). The third kappa shape index (κ3) is 5.09. The Morgan fingerprint density at radius 2 is 1.91 bits per heavy atom. The lowest BCUT2D eigenvalue weighted by atomic mass is 10.00. The van der Waals surface area contributed by atoms with Crippen LogP contribution in [-0.4, -0.2) is 58.2 Å². The first-order valence-electron chi connectivity index (χ1n) is 11.3. The Balaban J connectivity index is 1.62. The van der Waals surface area contributed by atoms with Gasteiger partial charge in [-0.05, 0) is 69.6 Å². The molecule has 2 aromatic rings. The Morgan fingerprint density at radius 3 is 2.64 bits per heavy atom. The van der Waals surface area contributed by atoms with Gasteiger partial charge in [-0.1, -0.05) is 24.6 Å². The van der Waals surface area contributed by atoms with Crippen LogP contribution in [0.15, 0.2) is 36.4 Å². The number of aromatic carboxylic acids is 1. The molecule has 8 nitrogen and oxygen atoms in total. The smallest absolute Gasteiger partial charge is 0.341 e. The summed E-state index contributed by atoms with van der Waals surface area (Å²) in [5.41, 5.74) is 1.89. The number of fused-ring (bicyclic) bond motifs is 3. The van der Waals surface area contributed by atoms with Crippen LogP contribution in [0.25, 0.3) is 0 Å². The van der Waals surface area contributed by atoms with Crippen molar-refractivity contribution in [2.24, 2.45) is 5.92 Å². The number of nitrogens with zero attached hydrogens (tertiary/aromatic N) is 2. The predicted octanol–water partition coefficient (Wildman–Crippen LogP) is 3.69. The van der Waals surface area contributed by atoms with E-state index in [-0.39, 0.29) is 11.3 Å². The van der Waals surface area contributed by atoms with Crippen molar-refractivity contribution in [1.82, 2.24) is 4.90 Å². The number of para-hydroxylation sites is 2. The van der Waals surface area contributed by atoms with Crippen molar-refractivity contribution in [1.29, 1.82) is 0 Å². The van der Waals surface area contributed by atoms with E-state index in [1.807, 2.05) is 32.3 Å². The number of thiol groups is 1. The van der Waals surface area contributed by atoms with Crippen LogP contribution in [0.3, 0.4) is 0 Å². The molecule has 2 N–H and O–H groups in total. The van der Waals surface area contributed by atoms with Gasteiger partial charge in [0.25, 0.3) is 0 Å². The van der Waals surface area contributed by atoms with Gasteiger partial charge in [-0.25, -0.2) is 17.5 Å². The fourth-order valence-electron chi connectivity index (χ4n) is 4.49. The standard InChI is InChI=1S/C24H31N3O5S/c1-26(2)13-7-3-6-12-25-19-8-4-5-9-20(19)27(33(30)31)21-11-10-17-18-14-16(18)15-32-23(17)22(21)24(28)29/h4-5,8-11,16,18,25,33H,3,6-7,12-15H2,1-2H3,(H,28,29). The number of unbranched alkanes of at least 4 members (excludes halogenated alkanes) is 2. The maximum Gasteiger partial charge on any atom is 0.341 e. The number of nitrogens with one attached hydrogen (secondary N) is 1. The highest BCUT2D eigenvalue weighted by Crippen LogP contribution is 2.56. The largest absolute Gasteiger partial charge is 0.492 e. The Hall–Kier alpha value is -2.78. The molecule has 0 radical (unpaired) electrons. The predicted molar refractivity (Wildman–Crippen MR) is 130 cm³/mol. The lowest BCUT2D eigenvalue weighted by Gasteiger charge is -2.26. The van der Waals surface area contributed by atoms with Gasteiger partial charge in [0.1, 0.15) is 11.3 Å². The minimum atomic E-state index is -3.15. The second-order valence-electron chi connectivity index (χ2n) is 8.95. The summed E-state index contributed by atoms with van der Waals surface area (Å²) in [6.07, 6.45) is 4.07. The van der Waals surface area contributed by atoms with E-state index in [0.29, 0.717) is 42.1 Å². The number of hydrogen-bond donors (Lipinski definition) is 3. The minimum absolute atomic E-state index is 0.0942. The average molecular weight is 474 g/mol. The van der Waals surface area contributed by atoms with Crippen molar-refractivity contribution < 1.29 is 23.1 Å². The molecule has 33 heavy (non-hydrogen) atoms. The van der Waals surface area contributed by atoms with Gasteiger partial charge in [0.05, 0.1) is 23.7 Å². The Labute approximate surface area is 196 Å². The topological polar surface area (TPSA) is 99.2 Å². The summed E-state index contributed by atoms with van der Waals surface area (Å²) in [6.45, 7) is 2.19. The van der Waals surface area contributed by atoms with Gasteiger partial charge in [-0.15, -0.1) is 0 Å². The van der Waals surface area contributed by atoms with Crippen LogP contribution in [0.4, 0.5) is 17.1 Å². The van der Waals surface area contributed by atoms with E-state index in [1.54, 1.807) is 18.2 Å². The molecular weight excluding hydrogens is 442 g/mol. The second-order valence-corrected chi connectivity index (χ2v) is 9.83. The van der Waals surface area contributed by atoms with Gasteiger partial charge in [-0.3, -0.25) is 0 Å². The van der Waals surface area contributed by atoms with Gasteiger partial charge in [0.2, 0.25) is 10.9 Å². The number of carboxylic acids is 1. The van der Waals surface area contributed by atoms with Crippen LogP contribution in [0, 0.1) is 5.92 Å². The van der Waals surface area contributed by atoms with E-state index in [2.05, 4.69) is 10.2 Å². The molecule has 0 amide bonds. The van der Waals surface area contributed by atoms with Crippen LogP contribution >= 0.6 is 0 Å². The quantitative estimate of drug-likeness (QED) is 0.338. The van der Waals surface area contributed by atoms with Gasteiger partial charge in [0.15, 0.2) is 0 Å². The summed E-state index contributed by atoms with van der Waals surface area (Å²) >= 11 is 0. The summed E-state index contributed by atoms with van der Waals surface area (Å²) in [5, 5.41) is 13.3. The van der Waals surface area contributed by atoms with E-state index < -0.39 is 16.9 Å². The van der Waals surface area contributed by atoms with E-state index in [0.717, 1.165) is 42.1 Å². The molecule has 1 saturated carbocycles. The first-order valence-corrected chi connectivity index (χ1v) is 12.5. The summed E-state index contributed by atoms with van der Waals surface area (Å²) in [5.74, 6) is -0.169. The molecule has 0 bridgehead atoms. The third-order valence-electron chi connectivity index (χ3n) is 6.27. The SMILES string of the molecule is CN(C)CCCCCNc1ccccc1N(c1ccc2c(c1C(=O)O)OCC1CC21)[SH](=O)=O. The summed E-state index contributed by atoms with van der Waals surface area (Å²) in [7, 11) is 0.947. The molecule has 1 aliphatic carbocycles. The number of carboxylic acid groups (broad SMARTS) is 1. The van der Waals surface area contributed by atoms with E-state index in [4.69, 9.17) is 4.74 Å². The molecule has 1 aliphatic heterocycles. The fourth-order valence-corrected chi connectivity index (χ4v) is 5.18. The monoisotopic (exact) mass is 473 g/mol. The van der Waals surface area contributed by atoms with Crippen molar-refractivity contribution in [2.45, 2.75) is 31.6 Å². The zero-order valence-corrected chi connectivity index (χ0v) is 19.9. The van der Waals surface area contributed by atoms with Gasteiger partial charge in [0, 0.05) is 12.5 Å². The molecule has 1 heterocycles. The maximum atomic E-state index is 12.4. The number of carbonyl (C=O) groups is 1. The normalized spacial score (nSPS) is 18.4. The van der Waals surface area contributed by atoms with Crippen molar-refractivity contribution >= 4 is 33.9 Å². The highest BCUT2D eigenvalue weighted by Gasteiger charge is 2.45. The molecule has 2 aliphatic rings.